The van der Waals surface area contributed by atoms with Crippen molar-refractivity contribution in [2.75, 3.05) is 26.7 Å². The fourth-order valence-electron chi connectivity index (χ4n) is 2.50. The van der Waals surface area contributed by atoms with Crippen LogP contribution < -0.4 is 5.32 Å². The number of nitrogens with one attached hydrogen (secondary N) is 1. The minimum Gasteiger partial charge on any atom is -0.465 e. The highest BCUT2D eigenvalue weighted by atomic mass is 16.5. The second kappa shape index (κ2) is 8.86. The number of rotatable bonds is 5. The van der Waals surface area contributed by atoms with Crippen LogP contribution in [0.2, 0.25) is 0 Å². The lowest BCUT2D eigenvalue weighted by Crippen LogP contribution is -2.42. The average molecular weight is 330 g/mol. The maximum atomic E-state index is 11.9. The zero-order chi connectivity index (χ0) is 17.4. The Hall–Kier alpha value is -2.63. The summed E-state index contributed by atoms with van der Waals surface area (Å²) in [4.78, 5) is 36.9. The number of hydrogen-bond acceptors (Lipinski definition) is 4. The third kappa shape index (κ3) is 5.22. The standard InChI is InChI=1S/C18H22N2O4/c1-24-18(23)15-8-5-14(6-9-15)7-10-16(21)19-13-17(22)20-11-3-2-4-12-20/h5-10H,2-4,11-13H2,1H3,(H,19,21)/b10-7+. The molecule has 128 valence electrons. The first-order chi connectivity index (χ1) is 11.6. The van der Waals surface area contributed by atoms with Crippen molar-refractivity contribution in [3.05, 3.63) is 41.5 Å². The molecule has 1 aliphatic heterocycles. The molecule has 2 rings (SSSR count). The summed E-state index contributed by atoms with van der Waals surface area (Å²) < 4.78 is 4.62. The van der Waals surface area contributed by atoms with E-state index in [0.29, 0.717) is 5.56 Å². The van der Waals surface area contributed by atoms with Crippen LogP contribution in [0.4, 0.5) is 0 Å². The summed E-state index contributed by atoms with van der Waals surface area (Å²) in [6.45, 7) is 1.57. The number of hydrogen-bond donors (Lipinski definition) is 1. The Labute approximate surface area is 141 Å². The largest absolute Gasteiger partial charge is 0.465 e. The summed E-state index contributed by atoms with van der Waals surface area (Å²) in [6.07, 6.45) is 6.22. The molecule has 1 fully saturated rings. The molecule has 1 saturated heterocycles. The molecule has 24 heavy (non-hydrogen) atoms. The van der Waals surface area contributed by atoms with E-state index in [1.807, 2.05) is 0 Å². The molecule has 0 bridgehead atoms. The van der Waals surface area contributed by atoms with Crippen LogP contribution in [-0.2, 0) is 14.3 Å². The highest BCUT2D eigenvalue weighted by Gasteiger charge is 2.16. The molecule has 1 N–H and O–H groups in total. The highest BCUT2D eigenvalue weighted by Crippen LogP contribution is 2.09. The van der Waals surface area contributed by atoms with Crippen LogP contribution in [0.15, 0.2) is 30.3 Å². The maximum Gasteiger partial charge on any atom is 0.337 e. The van der Waals surface area contributed by atoms with Gasteiger partial charge in [0.2, 0.25) is 11.8 Å². The Morgan fingerprint density at radius 3 is 2.42 bits per heavy atom. The van der Waals surface area contributed by atoms with E-state index in [4.69, 9.17) is 0 Å². The van der Waals surface area contributed by atoms with E-state index in [2.05, 4.69) is 10.1 Å². The van der Waals surface area contributed by atoms with Gasteiger partial charge in [0.1, 0.15) is 0 Å². The SMILES string of the molecule is COC(=O)c1ccc(/C=C/C(=O)NCC(=O)N2CCCCC2)cc1. The van der Waals surface area contributed by atoms with Gasteiger partial charge in [-0.05, 0) is 43.0 Å². The number of amides is 2. The molecule has 2 amide bonds. The van der Waals surface area contributed by atoms with Crippen molar-refractivity contribution in [3.63, 3.8) is 0 Å². The van der Waals surface area contributed by atoms with Crippen LogP contribution in [0.1, 0.15) is 35.2 Å². The Bertz CT molecular complexity index is 616. The Kier molecular flexibility index (Phi) is 6.54. The summed E-state index contributed by atoms with van der Waals surface area (Å²) in [5.74, 6) is -0.768. The first kappa shape index (κ1) is 17.7. The molecule has 0 spiro atoms. The van der Waals surface area contributed by atoms with Gasteiger partial charge in [-0.1, -0.05) is 12.1 Å². The van der Waals surface area contributed by atoms with Gasteiger partial charge in [0.15, 0.2) is 0 Å². The van der Waals surface area contributed by atoms with Gasteiger partial charge in [-0.15, -0.1) is 0 Å². The van der Waals surface area contributed by atoms with Crippen molar-refractivity contribution in [2.24, 2.45) is 0 Å². The van der Waals surface area contributed by atoms with Crippen LogP contribution in [-0.4, -0.2) is 49.4 Å². The van der Waals surface area contributed by atoms with E-state index in [1.54, 1.807) is 35.2 Å². The Morgan fingerprint density at radius 1 is 1.12 bits per heavy atom. The lowest BCUT2D eigenvalue weighted by Gasteiger charge is -2.26. The first-order valence-corrected chi connectivity index (χ1v) is 8.02. The predicted octanol–water partition coefficient (Wildman–Crippen LogP) is 1.62. The number of nitrogens with zero attached hydrogens (tertiary/aromatic N) is 1. The number of methoxy groups -OCH3 is 1. The second-order valence-electron chi connectivity index (χ2n) is 5.61. The van der Waals surface area contributed by atoms with Gasteiger partial charge < -0.3 is 15.0 Å². The molecular weight excluding hydrogens is 308 g/mol. The number of carbonyl (C=O) groups is 3. The van der Waals surface area contributed by atoms with Crippen molar-refractivity contribution in [1.82, 2.24) is 10.2 Å². The minimum absolute atomic E-state index is 0.0183. The van der Waals surface area contributed by atoms with Crippen LogP contribution in [0.5, 0.6) is 0 Å². The molecule has 0 aliphatic carbocycles. The molecule has 0 atom stereocenters. The average Bonchev–Trinajstić information content (AvgIpc) is 2.64. The fourth-order valence-corrected chi connectivity index (χ4v) is 2.50. The van der Waals surface area contributed by atoms with Crippen molar-refractivity contribution in [3.8, 4) is 0 Å². The summed E-state index contributed by atoms with van der Waals surface area (Å²) >= 11 is 0. The Balaban J connectivity index is 1.79. The lowest BCUT2D eigenvalue weighted by atomic mass is 10.1. The summed E-state index contributed by atoms with van der Waals surface area (Å²) in [5, 5.41) is 2.60. The van der Waals surface area contributed by atoms with Gasteiger partial charge in [0, 0.05) is 19.2 Å². The van der Waals surface area contributed by atoms with E-state index >= 15 is 0 Å². The molecule has 6 heteroatoms. The zero-order valence-electron chi connectivity index (χ0n) is 13.8. The molecule has 0 saturated carbocycles. The molecular formula is C18H22N2O4. The first-order valence-electron chi connectivity index (χ1n) is 8.02. The smallest absolute Gasteiger partial charge is 0.337 e. The molecule has 0 aromatic heterocycles. The number of esters is 1. The van der Waals surface area contributed by atoms with E-state index in [0.717, 1.165) is 37.9 Å². The van der Waals surface area contributed by atoms with E-state index < -0.39 is 5.97 Å². The molecule has 1 aliphatic rings. The van der Waals surface area contributed by atoms with Crippen LogP contribution in [0.3, 0.4) is 0 Å². The zero-order valence-corrected chi connectivity index (χ0v) is 13.8. The molecule has 1 heterocycles. The number of benzene rings is 1. The fraction of sp³-hybridized carbons (Fsp3) is 0.389. The third-order valence-electron chi connectivity index (χ3n) is 3.88. The summed E-state index contributed by atoms with van der Waals surface area (Å²) in [5.41, 5.74) is 1.23. The summed E-state index contributed by atoms with van der Waals surface area (Å²) in [6, 6.07) is 6.69. The van der Waals surface area contributed by atoms with Crippen LogP contribution >= 0.6 is 0 Å². The molecule has 0 unspecified atom stereocenters. The quantitative estimate of drug-likeness (QED) is 0.657. The summed E-state index contributed by atoms with van der Waals surface area (Å²) in [7, 11) is 1.33. The normalized spacial score (nSPS) is 14.5. The molecule has 1 aromatic carbocycles. The highest BCUT2D eigenvalue weighted by molar-refractivity contribution is 5.94. The molecule has 6 nitrogen and oxygen atoms in total. The van der Waals surface area contributed by atoms with E-state index in [-0.39, 0.29) is 18.4 Å². The van der Waals surface area contributed by atoms with Crippen LogP contribution in [0, 0.1) is 0 Å². The van der Waals surface area contributed by atoms with Gasteiger partial charge in [-0.25, -0.2) is 4.79 Å². The van der Waals surface area contributed by atoms with Crippen molar-refractivity contribution < 1.29 is 19.1 Å². The van der Waals surface area contributed by atoms with Crippen LogP contribution in [0.25, 0.3) is 6.08 Å². The minimum atomic E-state index is -0.403. The third-order valence-corrected chi connectivity index (χ3v) is 3.88. The van der Waals surface area contributed by atoms with Gasteiger partial charge in [-0.3, -0.25) is 9.59 Å². The van der Waals surface area contributed by atoms with Gasteiger partial charge >= 0.3 is 5.97 Å². The molecule has 1 aromatic rings. The monoisotopic (exact) mass is 330 g/mol. The van der Waals surface area contributed by atoms with Gasteiger partial charge in [0.25, 0.3) is 0 Å². The van der Waals surface area contributed by atoms with Crippen molar-refractivity contribution in [1.29, 1.82) is 0 Å². The lowest BCUT2D eigenvalue weighted by molar-refractivity contribution is -0.132. The predicted molar refractivity (Wildman–Crippen MR) is 90.3 cm³/mol. The van der Waals surface area contributed by atoms with E-state index in [9.17, 15) is 14.4 Å². The van der Waals surface area contributed by atoms with E-state index in [1.165, 1.54) is 13.2 Å². The number of ether oxygens (including phenoxy) is 1. The second-order valence-corrected chi connectivity index (χ2v) is 5.61. The number of piperidine rings is 1. The van der Waals surface area contributed by atoms with Crippen molar-refractivity contribution in [2.45, 2.75) is 19.3 Å². The van der Waals surface area contributed by atoms with Gasteiger partial charge in [0.05, 0.1) is 19.2 Å². The maximum absolute atomic E-state index is 11.9. The topological polar surface area (TPSA) is 75.7 Å². The van der Waals surface area contributed by atoms with Crippen molar-refractivity contribution >= 4 is 23.9 Å². The molecule has 0 radical (unpaired) electrons. The number of carbonyl (C=O) groups excluding carboxylic acids is 3. The Morgan fingerprint density at radius 2 is 1.79 bits per heavy atom. The number of likely N-dealkylation sites (tertiary alicyclic amines) is 1. The van der Waals surface area contributed by atoms with Gasteiger partial charge in [-0.2, -0.15) is 0 Å².